The van der Waals surface area contributed by atoms with E-state index in [1.54, 1.807) is 0 Å². The van der Waals surface area contributed by atoms with Gasteiger partial charge in [0, 0.05) is 24.2 Å². The number of carbonyl (C=O) groups excluding carboxylic acids is 2. The van der Waals surface area contributed by atoms with Crippen LogP contribution in [0.1, 0.15) is 173 Å². The Hall–Kier alpha value is -5.16. The number of aromatic nitrogens is 4. The molecule has 308 valence electrons. The van der Waals surface area contributed by atoms with Crippen molar-refractivity contribution < 1.29 is 39.6 Å². The zero-order valence-electron chi connectivity index (χ0n) is 31.7. The van der Waals surface area contributed by atoms with Gasteiger partial charge in [0.1, 0.15) is 13.1 Å². The molecule has 0 unspecified atom stereocenters. The van der Waals surface area contributed by atoms with Crippen molar-refractivity contribution in [2.75, 3.05) is 13.1 Å². The Labute approximate surface area is 322 Å². The van der Waals surface area contributed by atoms with Gasteiger partial charge in [0.15, 0.2) is 11.1 Å². The minimum Gasteiger partial charge on any atom is -0.494 e. The van der Waals surface area contributed by atoms with Crippen molar-refractivity contribution >= 4 is 23.8 Å². The molecule has 0 saturated heterocycles. The molecule has 0 spiro atoms. The topological polar surface area (TPSA) is 261 Å². The number of aromatic hydroxyl groups is 2. The highest BCUT2D eigenvalue weighted by atomic mass is 16.4. The van der Waals surface area contributed by atoms with Crippen molar-refractivity contribution in [3.63, 3.8) is 0 Å². The lowest BCUT2D eigenvalue weighted by Crippen LogP contribution is -2.47. The van der Waals surface area contributed by atoms with E-state index in [0.29, 0.717) is 51.4 Å². The van der Waals surface area contributed by atoms with E-state index in [9.17, 15) is 48.6 Å². The van der Waals surface area contributed by atoms with Gasteiger partial charge in [-0.25, -0.2) is 9.59 Å². The first-order chi connectivity index (χ1) is 26.8. The first-order valence-electron chi connectivity index (χ1n) is 20.0. The maximum atomic E-state index is 13.2. The zero-order chi connectivity index (χ0) is 40.5. The van der Waals surface area contributed by atoms with Crippen LogP contribution in [0.5, 0.6) is 11.8 Å². The molecule has 56 heavy (non-hydrogen) atoms. The highest BCUT2D eigenvalue weighted by Gasteiger charge is 2.33. The molecular formula is C38H54N6O12. The number of rotatable bonds is 10. The largest absolute Gasteiger partial charge is 0.494 e. The number of nitrogens with zero attached hydrogens (tertiary/aromatic N) is 4. The number of amides is 2. The number of nitrogens with one attached hydrogen (secondary N) is 2. The van der Waals surface area contributed by atoms with Crippen molar-refractivity contribution in [3.8, 4) is 11.8 Å². The summed E-state index contributed by atoms with van der Waals surface area (Å²) in [6.07, 6.45) is 16.7. The molecule has 6 N–H and O–H groups in total. The lowest BCUT2D eigenvalue weighted by molar-refractivity contribution is -0.136. The third-order valence-electron chi connectivity index (χ3n) is 11.6. The predicted molar refractivity (Wildman–Crippen MR) is 202 cm³/mol. The van der Waals surface area contributed by atoms with Crippen molar-refractivity contribution in [2.45, 2.75) is 153 Å². The number of carbonyl (C=O) groups is 4. The molecule has 0 atom stereocenters. The molecule has 18 nitrogen and oxygen atoms in total. The summed E-state index contributed by atoms with van der Waals surface area (Å²) in [4.78, 5) is 99.0. The summed E-state index contributed by atoms with van der Waals surface area (Å²) in [5.74, 6) is -5.78. The maximum absolute atomic E-state index is 13.2. The second-order valence-electron chi connectivity index (χ2n) is 15.4. The summed E-state index contributed by atoms with van der Waals surface area (Å²) < 4.78 is 4.60. The quantitative estimate of drug-likeness (QED) is 0.203. The Morgan fingerprint density at radius 3 is 0.946 bits per heavy atom. The molecule has 2 amide bonds. The molecule has 2 aromatic rings. The standard InChI is InChI=1S/2C19H27N3O6/c2*23-14(24)11-20-16(25)15-17(26)21(12-7-3-1-4-8-12)19(28)22(18(15)27)13-9-5-2-6-10-13/h2*12-13,26H,1-11H2,(H,20,25)(H,23,24). The summed E-state index contributed by atoms with van der Waals surface area (Å²) in [5.41, 5.74) is -3.92. The Balaban J connectivity index is 0.000000214. The molecule has 0 aliphatic heterocycles. The van der Waals surface area contributed by atoms with Gasteiger partial charge in [0.25, 0.3) is 22.9 Å². The smallest absolute Gasteiger partial charge is 0.334 e. The summed E-state index contributed by atoms with van der Waals surface area (Å²) in [6.45, 7) is -1.35. The first-order valence-corrected chi connectivity index (χ1v) is 20.0. The van der Waals surface area contributed by atoms with E-state index in [1.807, 2.05) is 0 Å². The van der Waals surface area contributed by atoms with Gasteiger partial charge in [0.05, 0.1) is 0 Å². The summed E-state index contributed by atoms with van der Waals surface area (Å²) in [6, 6.07) is -1.17. The average molecular weight is 787 g/mol. The molecule has 2 heterocycles. The van der Waals surface area contributed by atoms with Crippen LogP contribution in [-0.2, 0) is 9.59 Å². The molecule has 6 rings (SSSR count). The normalized spacial score (nSPS) is 18.7. The van der Waals surface area contributed by atoms with Crippen LogP contribution < -0.4 is 33.1 Å². The van der Waals surface area contributed by atoms with E-state index >= 15 is 0 Å². The second-order valence-corrected chi connectivity index (χ2v) is 15.4. The van der Waals surface area contributed by atoms with E-state index in [1.165, 1.54) is 9.13 Å². The monoisotopic (exact) mass is 786 g/mol. The Kier molecular flexibility index (Phi) is 14.3. The van der Waals surface area contributed by atoms with E-state index in [4.69, 9.17) is 10.2 Å². The van der Waals surface area contributed by atoms with Crippen LogP contribution in [0, 0.1) is 0 Å². The van der Waals surface area contributed by atoms with Crippen LogP contribution in [0.4, 0.5) is 0 Å². The van der Waals surface area contributed by atoms with Crippen molar-refractivity contribution in [3.05, 3.63) is 52.8 Å². The van der Waals surface area contributed by atoms with Crippen LogP contribution >= 0.6 is 0 Å². The Morgan fingerprint density at radius 1 is 0.446 bits per heavy atom. The number of carboxylic acid groups (broad SMARTS) is 2. The maximum Gasteiger partial charge on any atom is 0.334 e. The third kappa shape index (κ3) is 9.44. The van der Waals surface area contributed by atoms with E-state index in [0.717, 1.165) is 86.2 Å². The third-order valence-corrected chi connectivity index (χ3v) is 11.6. The fourth-order valence-corrected chi connectivity index (χ4v) is 8.81. The highest BCUT2D eigenvalue weighted by molar-refractivity contribution is 5.98. The molecule has 0 radical (unpaired) electrons. The lowest BCUT2D eigenvalue weighted by atomic mass is 9.94. The summed E-state index contributed by atoms with van der Waals surface area (Å²) in [7, 11) is 0. The van der Waals surface area contributed by atoms with Crippen molar-refractivity contribution in [2.24, 2.45) is 0 Å². The number of hydrogen-bond donors (Lipinski definition) is 6. The van der Waals surface area contributed by atoms with Gasteiger partial charge in [-0.1, -0.05) is 77.0 Å². The van der Waals surface area contributed by atoms with Gasteiger partial charge >= 0.3 is 23.3 Å². The van der Waals surface area contributed by atoms with Gasteiger partial charge in [-0.05, 0) is 51.4 Å². The molecule has 4 aliphatic carbocycles. The second kappa shape index (κ2) is 19.1. The molecule has 2 aromatic heterocycles. The summed E-state index contributed by atoms with van der Waals surface area (Å²) in [5, 5.41) is 43.3. The first kappa shape index (κ1) is 42.0. The van der Waals surface area contributed by atoms with Crippen molar-refractivity contribution in [1.29, 1.82) is 0 Å². The zero-order valence-corrected chi connectivity index (χ0v) is 31.7. The summed E-state index contributed by atoms with van der Waals surface area (Å²) >= 11 is 0. The van der Waals surface area contributed by atoms with Crippen LogP contribution in [0.15, 0.2) is 19.2 Å². The molecule has 0 aromatic carbocycles. The van der Waals surface area contributed by atoms with Crippen LogP contribution in [0.25, 0.3) is 0 Å². The number of carboxylic acids is 2. The fraction of sp³-hybridized carbons (Fsp3) is 0.684. The van der Waals surface area contributed by atoms with E-state index in [-0.39, 0.29) is 24.2 Å². The molecular weight excluding hydrogens is 732 g/mol. The minimum absolute atomic E-state index is 0.275. The van der Waals surface area contributed by atoms with E-state index < -0.39 is 82.2 Å². The number of aliphatic carboxylic acids is 2. The van der Waals surface area contributed by atoms with Gasteiger partial charge in [-0.15, -0.1) is 0 Å². The Morgan fingerprint density at radius 2 is 0.696 bits per heavy atom. The highest BCUT2D eigenvalue weighted by Crippen LogP contribution is 2.33. The molecule has 4 fully saturated rings. The minimum atomic E-state index is -1.26. The van der Waals surface area contributed by atoms with Crippen LogP contribution in [0.2, 0.25) is 0 Å². The fourth-order valence-electron chi connectivity index (χ4n) is 8.81. The SMILES string of the molecule is O=C(O)CNC(=O)c1c(O)n(C2CCCCC2)c(=O)n(C2CCCCC2)c1=O.O=C(O)CNC(=O)c1c(O)n(C2CCCCC2)c(=O)n(C2CCCCC2)c1=O. The Bertz CT molecular complexity index is 1860. The average Bonchev–Trinajstić information content (AvgIpc) is 3.18. The molecule has 18 heteroatoms. The van der Waals surface area contributed by atoms with Gasteiger partial charge < -0.3 is 31.1 Å². The molecule has 4 saturated carbocycles. The van der Waals surface area contributed by atoms with Gasteiger partial charge in [-0.2, -0.15) is 0 Å². The lowest BCUT2D eigenvalue weighted by Gasteiger charge is -2.29. The van der Waals surface area contributed by atoms with E-state index in [2.05, 4.69) is 10.6 Å². The van der Waals surface area contributed by atoms with Gasteiger partial charge in [-0.3, -0.25) is 47.0 Å². The molecule has 0 bridgehead atoms. The van der Waals surface area contributed by atoms with Gasteiger partial charge in [0.2, 0.25) is 11.8 Å². The van der Waals surface area contributed by atoms with Crippen LogP contribution in [0.3, 0.4) is 0 Å². The number of hydrogen-bond acceptors (Lipinski definition) is 10. The van der Waals surface area contributed by atoms with Crippen molar-refractivity contribution in [1.82, 2.24) is 28.9 Å². The predicted octanol–water partition coefficient (Wildman–Crippen LogP) is 3.08. The molecule has 4 aliphatic rings. The van der Waals surface area contributed by atoms with Crippen LogP contribution in [-0.4, -0.2) is 75.5 Å².